The van der Waals surface area contributed by atoms with Crippen LogP contribution in [0.4, 0.5) is 0 Å². The van der Waals surface area contributed by atoms with Crippen LogP contribution in [-0.2, 0) is 23.0 Å². The molecule has 324 valence electrons. The molecule has 0 aliphatic heterocycles. The summed E-state index contributed by atoms with van der Waals surface area (Å²) in [6.45, 7) is 13.2. The first-order chi connectivity index (χ1) is 27.4. The monoisotopic (exact) mass is 849 g/mol. The largest absolute Gasteiger partial charge is 0.507 e. The number of rotatable bonds is 36. The van der Waals surface area contributed by atoms with Crippen LogP contribution in [0.15, 0.2) is 24.3 Å². The predicted octanol–water partition coefficient (Wildman–Crippen LogP) is 17.8. The molecule has 2 aromatic carbocycles. The van der Waals surface area contributed by atoms with Crippen molar-refractivity contribution in [2.75, 3.05) is 23.0 Å². The van der Waals surface area contributed by atoms with E-state index >= 15 is 0 Å². The van der Waals surface area contributed by atoms with Crippen molar-refractivity contribution in [1.29, 1.82) is 0 Å². The number of aromatic hydroxyl groups is 2. The summed E-state index contributed by atoms with van der Waals surface area (Å²) in [5.41, 5.74) is 7.08. The molecule has 56 heavy (non-hydrogen) atoms. The van der Waals surface area contributed by atoms with E-state index in [0.717, 1.165) is 45.3 Å². The number of phenolic OH excluding ortho intramolecular Hbond substituents is 2. The van der Waals surface area contributed by atoms with E-state index in [-0.39, 0.29) is 0 Å². The van der Waals surface area contributed by atoms with Gasteiger partial charge in [-0.05, 0) is 84.8 Å². The molecule has 0 unspecified atom stereocenters. The zero-order valence-corrected chi connectivity index (χ0v) is 40.7. The number of phenols is 2. The number of hydrogen-bond donors (Lipinski definition) is 2. The molecule has 6 heteroatoms. The number of thioether (sulfide) groups is 4. The molecule has 0 radical (unpaired) electrons. The zero-order valence-electron chi connectivity index (χ0n) is 37.5. The fraction of sp³-hybridized carbons (Fsp3) is 0.760. The molecule has 2 rings (SSSR count). The van der Waals surface area contributed by atoms with E-state index in [0.29, 0.717) is 11.5 Å². The first kappa shape index (κ1) is 53.5. The van der Waals surface area contributed by atoms with Crippen LogP contribution in [-0.4, -0.2) is 33.2 Å². The second-order valence-electron chi connectivity index (χ2n) is 16.1. The highest BCUT2D eigenvalue weighted by molar-refractivity contribution is 7.99. The van der Waals surface area contributed by atoms with Gasteiger partial charge in [-0.2, -0.15) is 47.0 Å². The second-order valence-corrected chi connectivity index (χ2v) is 20.5. The van der Waals surface area contributed by atoms with Crippen LogP contribution < -0.4 is 0 Å². The molecular formula is C50H88O2S4. The Hall–Kier alpha value is -0.560. The van der Waals surface area contributed by atoms with Crippen molar-refractivity contribution in [3.05, 3.63) is 57.6 Å². The number of hydrogen-bond acceptors (Lipinski definition) is 6. The molecule has 0 spiro atoms. The van der Waals surface area contributed by atoms with Crippen LogP contribution in [0.5, 0.6) is 11.5 Å². The Morgan fingerprint density at radius 1 is 0.339 bits per heavy atom. The van der Waals surface area contributed by atoms with Crippen LogP contribution in [0.25, 0.3) is 0 Å². The van der Waals surface area contributed by atoms with Gasteiger partial charge in [0.25, 0.3) is 0 Å². The molecule has 0 amide bonds. The van der Waals surface area contributed by atoms with Crippen molar-refractivity contribution < 1.29 is 10.2 Å². The lowest BCUT2D eigenvalue weighted by Gasteiger charge is -2.11. The summed E-state index contributed by atoms with van der Waals surface area (Å²) in [6.07, 6.45) is 32.7. The predicted molar refractivity (Wildman–Crippen MR) is 264 cm³/mol. The normalized spacial score (nSPS) is 11.2. The number of unbranched alkanes of at least 4 members (excludes halogenated alkanes) is 20. The fourth-order valence-electron chi connectivity index (χ4n) is 6.94. The molecule has 2 N–H and O–H groups in total. The summed E-state index contributed by atoms with van der Waals surface area (Å²) < 4.78 is 0. The van der Waals surface area contributed by atoms with Gasteiger partial charge in [0, 0.05) is 34.1 Å². The highest BCUT2D eigenvalue weighted by Crippen LogP contribution is 2.31. The van der Waals surface area contributed by atoms with Crippen LogP contribution >= 0.6 is 47.0 Å². The maximum atomic E-state index is 10.4. The summed E-state index contributed by atoms with van der Waals surface area (Å²) in [7, 11) is 0. The van der Waals surface area contributed by atoms with Gasteiger partial charge in [-0.15, -0.1) is 0 Å². The SMILES string of the molecule is CCCCCCCCSCc1cc(C)c(O)c(CSCCCCCCCC)c1.CCCCCCCCSCc1cc(C)c(O)c(CSCCCCCCCC)c1. The van der Waals surface area contributed by atoms with Gasteiger partial charge < -0.3 is 10.2 Å². The van der Waals surface area contributed by atoms with Crippen LogP contribution in [0, 0.1) is 13.8 Å². The quantitative estimate of drug-likeness (QED) is 0.0666. The highest BCUT2D eigenvalue weighted by Gasteiger charge is 2.09. The van der Waals surface area contributed by atoms with Crippen LogP contribution in [0.1, 0.15) is 215 Å². The molecule has 0 atom stereocenters. The van der Waals surface area contributed by atoms with Crippen molar-refractivity contribution in [2.24, 2.45) is 0 Å². The Morgan fingerprint density at radius 3 is 0.875 bits per heavy atom. The molecule has 2 nitrogen and oxygen atoms in total. The maximum absolute atomic E-state index is 10.4. The minimum atomic E-state index is 0.514. The van der Waals surface area contributed by atoms with Gasteiger partial charge in [0.05, 0.1) is 0 Å². The summed E-state index contributed by atoms with van der Waals surface area (Å²) in [5, 5.41) is 20.8. The van der Waals surface area contributed by atoms with E-state index in [1.807, 2.05) is 60.9 Å². The minimum Gasteiger partial charge on any atom is -0.507 e. The van der Waals surface area contributed by atoms with Gasteiger partial charge in [0.15, 0.2) is 0 Å². The third-order valence-electron chi connectivity index (χ3n) is 10.5. The molecule has 0 aliphatic carbocycles. The summed E-state index contributed by atoms with van der Waals surface area (Å²) in [5.74, 6) is 10.00. The molecule has 0 aliphatic rings. The summed E-state index contributed by atoms with van der Waals surface area (Å²) in [4.78, 5) is 0. The number of aryl methyl sites for hydroxylation is 2. The van der Waals surface area contributed by atoms with Gasteiger partial charge in [0.2, 0.25) is 0 Å². The Labute approximate surface area is 365 Å². The van der Waals surface area contributed by atoms with E-state index in [9.17, 15) is 10.2 Å². The average molecular weight is 850 g/mol. The summed E-state index contributed by atoms with van der Waals surface area (Å²) >= 11 is 8.05. The standard InChI is InChI=1S/2C25H44OS2/c2*1-4-6-8-10-12-14-16-27-20-23-18-22(3)25(26)24(19-23)21-28-17-15-13-11-9-7-5-2/h2*18-19,26H,4-17,20-21H2,1-3H3. The lowest BCUT2D eigenvalue weighted by molar-refractivity contribution is 0.466. The Bertz CT molecular complexity index is 1090. The first-order valence-electron chi connectivity index (χ1n) is 23.3. The van der Waals surface area contributed by atoms with Crippen molar-refractivity contribution in [3.8, 4) is 11.5 Å². The molecule has 0 aromatic heterocycles. The molecule has 0 heterocycles. The Morgan fingerprint density at radius 2 is 0.589 bits per heavy atom. The zero-order chi connectivity index (χ0) is 40.9. The third kappa shape index (κ3) is 28.8. The smallest absolute Gasteiger partial charge is 0.122 e. The third-order valence-corrected chi connectivity index (χ3v) is 14.9. The van der Waals surface area contributed by atoms with Crippen LogP contribution in [0.2, 0.25) is 0 Å². The van der Waals surface area contributed by atoms with Gasteiger partial charge >= 0.3 is 0 Å². The van der Waals surface area contributed by atoms with Crippen molar-refractivity contribution in [2.45, 2.75) is 219 Å². The average Bonchev–Trinajstić information content (AvgIpc) is 3.19. The van der Waals surface area contributed by atoms with Gasteiger partial charge in [-0.1, -0.05) is 180 Å². The Balaban J connectivity index is 0.000000560. The van der Waals surface area contributed by atoms with Crippen LogP contribution in [0.3, 0.4) is 0 Å². The topological polar surface area (TPSA) is 40.5 Å². The van der Waals surface area contributed by atoms with Crippen molar-refractivity contribution in [3.63, 3.8) is 0 Å². The maximum Gasteiger partial charge on any atom is 0.122 e. The van der Waals surface area contributed by atoms with E-state index in [4.69, 9.17) is 0 Å². The number of benzene rings is 2. The molecule has 0 bridgehead atoms. The molecule has 2 aromatic rings. The van der Waals surface area contributed by atoms with Crippen molar-refractivity contribution in [1.82, 2.24) is 0 Å². The van der Waals surface area contributed by atoms with E-state index < -0.39 is 0 Å². The van der Waals surface area contributed by atoms with E-state index in [1.165, 1.54) is 188 Å². The highest BCUT2D eigenvalue weighted by atomic mass is 32.2. The van der Waals surface area contributed by atoms with Gasteiger partial charge in [-0.3, -0.25) is 0 Å². The second kappa shape index (κ2) is 38.6. The Kier molecular flexibility index (Phi) is 36.9. The van der Waals surface area contributed by atoms with Gasteiger partial charge in [-0.25, -0.2) is 0 Å². The summed E-state index contributed by atoms with van der Waals surface area (Å²) in [6, 6.07) is 8.83. The van der Waals surface area contributed by atoms with E-state index in [1.54, 1.807) is 0 Å². The van der Waals surface area contributed by atoms with Gasteiger partial charge in [0.1, 0.15) is 11.5 Å². The molecule has 0 fully saturated rings. The molecule has 0 saturated carbocycles. The van der Waals surface area contributed by atoms with E-state index in [2.05, 4.69) is 52.0 Å². The van der Waals surface area contributed by atoms with Crippen molar-refractivity contribution >= 4 is 47.0 Å². The minimum absolute atomic E-state index is 0.514. The first-order valence-corrected chi connectivity index (χ1v) is 27.9. The lowest BCUT2D eigenvalue weighted by Crippen LogP contribution is -1.92. The fourth-order valence-corrected chi connectivity index (χ4v) is 10.8. The lowest BCUT2D eigenvalue weighted by atomic mass is 10.1. The molecule has 0 saturated heterocycles. The molecular weight excluding hydrogens is 761 g/mol.